The fourth-order valence-corrected chi connectivity index (χ4v) is 3.16. The Morgan fingerprint density at radius 3 is 2.67 bits per heavy atom. The minimum atomic E-state index is -0.382. The van der Waals surface area contributed by atoms with Gasteiger partial charge in [0.2, 0.25) is 0 Å². The number of nitrogens with zero attached hydrogens (tertiary/aromatic N) is 1. The number of methoxy groups -OCH3 is 1. The van der Waals surface area contributed by atoms with E-state index < -0.39 is 0 Å². The molecule has 0 radical (unpaired) electrons. The molecular formula is C19H24FN3O. The number of halogens is 1. The van der Waals surface area contributed by atoms with Crippen LogP contribution >= 0.6 is 0 Å². The molecule has 0 unspecified atom stereocenters. The third kappa shape index (κ3) is 4.37. The molecule has 4 nitrogen and oxygen atoms in total. The number of nitrogens with one attached hydrogen (secondary N) is 2. The van der Waals surface area contributed by atoms with Gasteiger partial charge in [0, 0.05) is 36.2 Å². The number of pyridine rings is 1. The molecule has 0 amide bonds. The molecule has 1 saturated carbocycles. The fourth-order valence-electron chi connectivity index (χ4n) is 3.16. The molecule has 0 aliphatic heterocycles. The first-order valence-corrected chi connectivity index (χ1v) is 8.55. The largest absolute Gasteiger partial charge is 0.494 e. The highest BCUT2D eigenvalue weighted by molar-refractivity contribution is 5.63. The van der Waals surface area contributed by atoms with Crippen molar-refractivity contribution in [3.63, 3.8) is 0 Å². The highest BCUT2D eigenvalue weighted by atomic mass is 19.1. The number of rotatable bonds is 6. The maximum atomic E-state index is 13.8. The van der Waals surface area contributed by atoms with Crippen molar-refractivity contribution in [2.24, 2.45) is 5.92 Å². The monoisotopic (exact) mass is 329 g/mol. The Labute approximate surface area is 142 Å². The first-order valence-electron chi connectivity index (χ1n) is 8.55. The molecule has 24 heavy (non-hydrogen) atoms. The molecule has 5 heteroatoms. The van der Waals surface area contributed by atoms with Gasteiger partial charge in [-0.3, -0.25) is 0 Å². The molecule has 0 bridgehead atoms. The van der Waals surface area contributed by atoms with Crippen LogP contribution in [-0.4, -0.2) is 18.6 Å². The summed E-state index contributed by atoms with van der Waals surface area (Å²) in [5.74, 6) is 1.45. The minimum absolute atomic E-state index is 0.241. The molecule has 1 aliphatic carbocycles. The Morgan fingerprint density at radius 1 is 1.12 bits per heavy atom. The number of hydrogen-bond acceptors (Lipinski definition) is 4. The van der Waals surface area contributed by atoms with E-state index in [-0.39, 0.29) is 11.6 Å². The molecule has 3 rings (SSSR count). The Balaban J connectivity index is 1.61. The summed E-state index contributed by atoms with van der Waals surface area (Å²) in [6, 6.07) is 8.64. The van der Waals surface area contributed by atoms with Crippen LogP contribution in [0, 0.1) is 11.7 Å². The molecule has 1 aromatic heterocycles. The van der Waals surface area contributed by atoms with Crippen LogP contribution in [0.15, 0.2) is 36.5 Å². The second-order valence-corrected chi connectivity index (χ2v) is 6.29. The van der Waals surface area contributed by atoms with Crippen molar-refractivity contribution in [1.82, 2.24) is 4.98 Å². The second kappa shape index (κ2) is 7.99. The summed E-state index contributed by atoms with van der Waals surface area (Å²) in [4.78, 5) is 4.37. The van der Waals surface area contributed by atoms with Crippen molar-refractivity contribution in [1.29, 1.82) is 0 Å². The lowest BCUT2D eigenvalue weighted by molar-refractivity contribution is 0.373. The van der Waals surface area contributed by atoms with Crippen molar-refractivity contribution < 1.29 is 9.13 Å². The standard InChI is InChI=1S/C19H24FN3O/c1-24-18-8-7-15(11-17(18)20)23-16-9-10-21-19(12-16)22-13-14-5-3-2-4-6-14/h7-12,14H,2-6,13H2,1H3,(H2,21,22,23). The third-order valence-corrected chi connectivity index (χ3v) is 4.50. The molecule has 128 valence electrons. The van der Waals surface area contributed by atoms with Gasteiger partial charge < -0.3 is 15.4 Å². The third-order valence-electron chi connectivity index (χ3n) is 4.50. The van der Waals surface area contributed by atoms with Crippen molar-refractivity contribution in [2.75, 3.05) is 24.3 Å². The van der Waals surface area contributed by atoms with Crippen LogP contribution in [0.4, 0.5) is 21.6 Å². The fraction of sp³-hybridized carbons (Fsp3) is 0.421. The highest BCUT2D eigenvalue weighted by Gasteiger charge is 2.13. The minimum Gasteiger partial charge on any atom is -0.494 e. The predicted octanol–water partition coefficient (Wildman–Crippen LogP) is 4.97. The van der Waals surface area contributed by atoms with Crippen molar-refractivity contribution in [3.8, 4) is 5.75 Å². The number of aromatic nitrogens is 1. The molecule has 1 aliphatic rings. The van der Waals surface area contributed by atoms with Crippen LogP contribution in [0.3, 0.4) is 0 Å². The van der Waals surface area contributed by atoms with Crippen LogP contribution in [-0.2, 0) is 0 Å². The van der Waals surface area contributed by atoms with Crippen LogP contribution in [0.1, 0.15) is 32.1 Å². The number of anilines is 3. The quantitative estimate of drug-likeness (QED) is 0.786. The molecule has 2 N–H and O–H groups in total. The highest BCUT2D eigenvalue weighted by Crippen LogP contribution is 2.26. The zero-order valence-electron chi connectivity index (χ0n) is 14.0. The maximum absolute atomic E-state index is 13.8. The van der Waals surface area contributed by atoms with E-state index in [1.165, 1.54) is 45.3 Å². The van der Waals surface area contributed by atoms with Gasteiger partial charge in [0.25, 0.3) is 0 Å². The Hall–Kier alpha value is -2.30. The van der Waals surface area contributed by atoms with E-state index in [1.54, 1.807) is 18.3 Å². The van der Waals surface area contributed by atoms with E-state index >= 15 is 0 Å². The molecule has 1 fully saturated rings. The average molecular weight is 329 g/mol. The zero-order chi connectivity index (χ0) is 16.8. The lowest BCUT2D eigenvalue weighted by atomic mass is 9.89. The zero-order valence-corrected chi connectivity index (χ0v) is 14.0. The smallest absolute Gasteiger partial charge is 0.167 e. The summed E-state index contributed by atoms with van der Waals surface area (Å²) in [5.41, 5.74) is 1.55. The Morgan fingerprint density at radius 2 is 1.92 bits per heavy atom. The molecule has 1 aromatic carbocycles. The van der Waals surface area contributed by atoms with Gasteiger partial charge in [-0.1, -0.05) is 19.3 Å². The molecule has 0 atom stereocenters. The van der Waals surface area contributed by atoms with Gasteiger partial charge in [-0.2, -0.15) is 0 Å². The maximum Gasteiger partial charge on any atom is 0.167 e. The first-order chi connectivity index (χ1) is 11.7. The van der Waals surface area contributed by atoms with E-state index in [9.17, 15) is 4.39 Å². The summed E-state index contributed by atoms with van der Waals surface area (Å²) < 4.78 is 18.7. The van der Waals surface area contributed by atoms with Crippen LogP contribution in [0.2, 0.25) is 0 Å². The van der Waals surface area contributed by atoms with Gasteiger partial charge in [-0.25, -0.2) is 9.37 Å². The molecule has 0 spiro atoms. The van der Waals surface area contributed by atoms with Crippen molar-refractivity contribution in [2.45, 2.75) is 32.1 Å². The van der Waals surface area contributed by atoms with E-state index in [2.05, 4.69) is 15.6 Å². The van der Waals surface area contributed by atoms with Crippen LogP contribution in [0.5, 0.6) is 5.75 Å². The van der Waals surface area contributed by atoms with E-state index in [4.69, 9.17) is 4.74 Å². The van der Waals surface area contributed by atoms with Crippen molar-refractivity contribution >= 4 is 17.2 Å². The molecule has 0 saturated heterocycles. The molecular weight excluding hydrogens is 305 g/mol. The van der Waals surface area contributed by atoms with Gasteiger partial charge in [-0.05, 0) is 37.0 Å². The summed E-state index contributed by atoms with van der Waals surface area (Å²) in [6.07, 6.45) is 8.40. The van der Waals surface area contributed by atoms with Gasteiger partial charge in [-0.15, -0.1) is 0 Å². The lowest BCUT2D eigenvalue weighted by Crippen LogP contribution is -2.17. The number of ether oxygens (including phenoxy) is 1. The van der Waals surface area contributed by atoms with Gasteiger partial charge >= 0.3 is 0 Å². The Bertz CT molecular complexity index is 671. The van der Waals surface area contributed by atoms with Crippen LogP contribution in [0.25, 0.3) is 0 Å². The summed E-state index contributed by atoms with van der Waals surface area (Å²) in [5, 5.41) is 6.62. The van der Waals surface area contributed by atoms with Crippen LogP contribution < -0.4 is 15.4 Å². The summed E-state index contributed by atoms with van der Waals surface area (Å²) in [6.45, 7) is 0.966. The normalized spacial score (nSPS) is 15.1. The lowest BCUT2D eigenvalue weighted by Gasteiger charge is -2.22. The van der Waals surface area contributed by atoms with E-state index in [0.717, 1.165) is 24.0 Å². The Kier molecular flexibility index (Phi) is 5.51. The first kappa shape index (κ1) is 16.6. The predicted molar refractivity (Wildman–Crippen MR) is 95.5 cm³/mol. The van der Waals surface area contributed by atoms with Crippen molar-refractivity contribution in [3.05, 3.63) is 42.3 Å². The summed E-state index contributed by atoms with van der Waals surface area (Å²) >= 11 is 0. The number of benzene rings is 1. The molecule has 1 heterocycles. The topological polar surface area (TPSA) is 46.2 Å². The average Bonchev–Trinajstić information content (AvgIpc) is 2.61. The second-order valence-electron chi connectivity index (χ2n) is 6.29. The van der Waals surface area contributed by atoms with Gasteiger partial charge in [0.1, 0.15) is 5.82 Å². The molecule has 2 aromatic rings. The van der Waals surface area contributed by atoms with Gasteiger partial charge in [0.05, 0.1) is 7.11 Å². The van der Waals surface area contributed by atoms with E-state index in [1.807, 2.05) is 12.1 Å². The number of hydrogen-bond donors (Lipinski definition) is 2. The van der Waals surface area contributed by atoms with E-state index in [0.29, 0.717) is 5.69 Å². The summed E-state index contributed by atoms with van der Waals surface area (Å²) in [7, 11) is 1.46. The SMILES string of the molecule is COc1ccc(Nc2ccnc(NCC3CCCCC3)c2)cc1F. The van der Waals surface area contributed by atoms with Gasteiger partial charge in [0.15, 0.2) is 11.6 Å².